The van der Waals surface area contributed by atoms with E-state index in [1.165, 1.54) is 109 Å². The molecule has 19 nitrogen and oxygen atoms in total. The summed E-state index contributed by atoms with van der Waals surface area (Å²) in [6.45, 7) is 1.64. The SMILES string of the molecule is CC/C=C\C/C=C\C/C=C\C/C=C\C/C=C\CCCCCCCCCCCCCCCCCC(=O)NC(COC1OC(CO)C(OC2OC(CO)C(OC3OC(CO)C(O)C(O)C3O)C(O)C2O)C(O)C1O)C(O)CCCCCCCCCCC. The van der Waals surface area contributed by atoms with Gasteiger partial charge >= 0.3 is 0 Å². The number of nitrogens with one attached hydrogen (secondary N) is 1. The fourth-order valence-corrected chi connectivity index (χ4v) is 11.0. The highest BCUT2D eigenvalue weighted by molar-refractivity contribution is 5.76. The quantitative estimate of drug-likeness (QED) is 0.0206. The minimum atomic E-state index is -1.97. The smallest absolute Gasteiger partial charge is 0.220 e. The summed E-state index contributed by atoms with van der Waals surface area (Å²) < 4.78 is 34.3. The van der Waals surface area contributed by atoms with Crippen LogP contribution in [0.2, 0.25) is 0 Å². The number of aliphatic hydroxyl groups is 11. The molecule has 1 amide bonds. The highest BCUT2D eigenvalue weighted by Gasteiger charge is 2.53. The zero-order chi connectivity index (χ0) is 61.9. The molecule has 0 bridgehead atoms. The molecule has 17 atom stereocenters. The molecular formula is C66H117NO18. The van der Waals surface area contributed by atoms with E-state index < -0.39 is 124 Å². The van der Waals surface area contributed by atoms with Gasteiger partial charge in [-0.3, -0.25) is 4.79 Å². The molecule has 3 rings (SSSR count). The molecule has 3 saturated heterocycles. The van der Waals surface area contributed by atoms with Gasteiger partial charge in [0.2, 0.25) is 5.91 Å². The number of hydrogen-bond donors (Lipinski definition) is 12. The van der Waals surface area contributed by atoms with Gasteiger partial charge in [0.25, 0.3) is 0 Å². The van der Waals surface area contributed by atoms with E-state index in [2.05, 4.69) is 79.9 Å². The van der Waals surface area contributed by atoms with Crippen molar-refractivity contribution in [2.75, 3.05) is 26.4 Å². The van der Waals surface area contributed by atoms with Gasteiger partial charge in [0.05, 0.1) is 38.6 Å². The molecule has 0 spiro atoms. The van der Waals surface area contributed by atoms with Crippen molar-refractivity contribution in [2.24, 2.45) is 0 Å². The van der Waals surface area contributed by atoms with E-state index >= 15 is 0 Å². The van der Waals surface area contributed by atoms with E-state index in [1.54, 1.807) is 0 Å². The molecule has 0 aromatic heterocycles. The number of unbranched alkanes of at least 4 members (excludes halogenated alkanes) is 23. The molecule has 17 unspecified atom stereocenters. The third-order valence-electron chi connectivity index (χ3n) is 16.4. The molecule has 3 aliphatic heterocycles. The third-order valence-corrected chi connectivity index (χ3v) is 16.4. The number of allylic oxidation sites excluding steroid dienone is 10. The number of amides is 1. The van der Waals surface area contributed by atoms with E-state index in [0.29, 0.717) is 12.8 Å². The van der Waals surface area contributed by atoms with Crippen LogP contribution in [-0.4, -0.2) is 193 Å². The normalized spacial score (nSPS) is 29.4. The van der Waals surface area contributed by atoms with Crippen molar-refractivity contribution < 1.29 is 89.4 Å². The molecule has 3 heterocycles. The van der Waals surface area contributed by atoms with Crippen LogP contribution in [0.25, 0.3) is 0 Å². The summed E-state index contributed by atoms with van der Waals surface area (Å²) in [5.41, 5.74) is 0. The predicted octanol–water partition coefficient (Wildman–Crippen LogP) is 7.60. The van der Waals surface area contributed by atoms with E-state index in [1.807, 2.05) is 0 Å². The zero-order valence-corrected chi connectivity index (χ0v) is 51.8. The summed E-state index contributed by atoms with van der Waals surface area (Å²) in [5, 5.41) is 120. The number of hydrogen-bond acceptors (Lipinski definition) is 18. The monoisotopic (exact) mass is 1210 g/mol. The van der Waals surface area contributed by atoms with Gasteiger partial charge in [0.15, 0.2) is 18.9 Å². The van der Waals surface area contributed by atoms with Crippen LogP contribution in [0.3, 0.4) is 0 Å². The van der Waals surface area contributed by atoms with Gasteiger partial charge in [0.1, 0.15) is 73.2 Å². The first-order chi connectivity index (χ1) is 41.3. The first kappa shape index (κ1) is 76.7. The summed E-state index contributed by atoms with van der Waals surface area (Å²) in [7, 11) is 0. The molecule has 0 saturated carbocycles. The molecule has 0 radical (unpaired) electrons. The zero-order valence-electron chi connectivity index (χ0n) is 51.8. The van der Waals surface area contributed by atoms with Crippen LogP contribution in [0, 0.1) is 0 Å². The summed E-state index contributed by atoms with van der Waals surface area (Å²) >= 11 is 0. The van der Waals surface area contributed by atoms with Crippen LogP contribution in [0.4, 0.5) is 0 Å². The fourth-order valence-electron chi connectivity index (χ4n) is 11.0. The topological polar surface area (TPSA) is 307 Å². The lowest BCUT2D eigenvalue weighted by Crippen LogP contribution is -2.66. The van der Waals surface area contributed by atoms with E-state index in [9.17, 15) is 61.0 Å². The van der Waals surface area contributed by atoms with Crippen molar-refractivity contribution in [2.45, 2.75) is 324 Å². The minimum Gasteiger partial charge on any atom is -0.394 e. The average molecular weight is 1210 g/mol. The Morgan fingerprint density at radius 2 is 0.812 bits per heavy atom. The van der Waals surface area contributed by atoms with Crippen LogP contribution in [0.15, 0.2) is 60.8 Å². The maximum atomic E-state index is 13.3. The number of aliphatic hydroxyl groups excluding tert-OH is 11. The maximum Gasteiger partial charge on any atom is 0.220 e. The summed E-state index contributed by atoms with van der Waals surface area (Å²) in [6, 6.07) is -0.886. The van der Waals surface area contributed by atoms with E-state index in [4.69, 9.17) is 28.4 Å². The molecule has 0 aliphatic carbocycles. The summed E-state index contributed by atoms with van der Waals surface area (Å²) in [5.74, 6) is -0.247. The Morgan fingerprint density at radius 3 is 1.27 bits per heavy atom. The lowest BCUT2D eigenvalue weighted by atomic mass is 9.96. The van der Waals surface area contributed by atoms with Crippen molar-refractivity contribution in [1.82, 2.24) is 5.32 Å². The average Bonchev–Trinajstić information content (AvgIpc) is 2.29. The molecule has 85 heavy (non-hydrogen) atoms. The van der Waals surface area contributed by atoms with Gasteiger partial charge in [-0.25, -0.2) is 0 Å². The Labute approximate surface area is 509 Å². The second-order valence-electron chi connectivity index (χ2n) is 23.6. The van der Waals surface area contributed by atoms with Gasteiger partial charge < -0.3 is 89.9 Å². The standard InChI is InChI=1S/C66H117NO18/c1-3-5-7-9-11-13-14-15-16-17-18-19-20-21-22-23-24-25-26-27-28-29-30-31-32-33-34-36-38-40-42-44-54(72)67-49(50(71)43-41-39-37-35-12-10-8-6-4-2)48-80-64-60(78)57(75)62(52(46-69)82-64)85-66-61(79)58(76)63(53(47-70)83-66)84-65-59(77)56(74)55(73)51(45-68)81-65/h5,7,11,13,15-16,18-19,21-22,49-53,55-66,68-71,73-79H,3-4,6,8-10,12,14,17,20,23-48H2,1-2H3,(H,67,72)/b7-5-,13-11-,16-15-,19-18-,22-21-. The molecule has 494 valence electrons. The second-order valence-corrected chi connectivity index (χ2v) is 23.6. The Hall–Kier alpha value is -2.51. The number of ether oxygens (including phenoxy) is 6. The van der Waals surface area contributed by atoms with Crippen molar-refractivity contribution in [3.8, 4) is 0 Å². The minimum absolute atomic E-state index is 0.247. The van der Waals surface area contributed by atoms with Gasteiger partial charge in [-0.05, 0) is 57.8 Å². The van der Waals surface area contributed by atoms with Crippen LogP contribution in [0.5, 0.6) is 0 Å². The first-order valence-corrected chi connectivity index (χ1v) is 33.0. The van der Waals surface area contributed by atoms with Crippen LogP contribution < -0.4 is 5.32 Å². The van der Waals surface area contributed by atoms with Crippen LogP contribution >= 0.6 is 0 Å². The first-order valence-electron chi connectivity index (χ1n) is 33.0. The highest BCUT2D eigenvalue weighted by Crippen LogP contribution is 2.33. The van der Waals surface area contributed by atoms with Crippen molar-refractivity contribution in [1.29, 1.82) is 0 Å². The summed E-state index contributed by atoms with van der Waals surface area (Å²) in [4.78, 5) is 13.3. The molecule has 19 heteroatoms. The fraction of sp³-hybridized carbons (Fsp3) is 0.833. The number of rotatable bonds is 49. The van der Waals surface area contributed by atoms with Crippen molar-refractivity contribution in [3.05, 3.63) is 60.8 Å². The lowest BCUT2D eigenvalue weighted by Gasteiger charge is -2.48. The third kappa shape index (κ3) is 31.2. The Balaban J connectivity index is 1.35. The Kier molecular flexibility index (Phi) is 43.7. The maximum absolute atomic E-state index is 13.3. The largest absolute Gasteiger partial charge is 0.394 e. The van der Waals surface area contributed by atoms with Gasteiger partial charge in [-0.15, -0.1) is 0 Å². The van der Waals surface area contributed by atoms with E-state index in [0.717, 1.165) is 77.0 Å². The molecule has 3 aliphatic rings. The number of carbonyl (C=O) groups excluding carboxylic acids is 1. The second kappa shape index (κ2) is 48.4. The lowest BCUT2D eigenvalue weighted by molar-refractivity contribution is -0.379. The van der Waals surface area contributed by atoms with E-state index in [-0.39, 0.29) is 18.9 Å². The highest BCUT2D eigenvalue weighted by atomic mass is 16.8. The molecular weight excluding hydrogens is 1090 g/mol. The molecule has 12 N–H and O–H groups in total. The number of carbonyl (C=O) groups is 1. The van der Waals surface area contributed by atoms with Crippen molar-refractivity contribution in [3.63, 3.8) is 0 Å². The predicted molar refractivity (Wildman–Crippen MR) is 328 cm³/mol. The van der Waals surface area contributed by atoms with Gasteiger partial charge in [-0.2, -0.15) is 0 Å². The Bertz CT molecular complexity index is 1780. The summed E-state index contributed by atoms with van der Waals surface area (Å²) in [6.07, 6.45) is 30.5. The van der Waals surface area contributed by atoms with Crippen molar-refractivity contribution >= 4 is 5.91 Å². The molecule has 3 fully saturated rings. The van der Waals surface area contributed by atoms with Crippen LogP contribution in [-0.2, 0) is 33.2 Å². The van der Waals surface area contributed by atoms with Gasteiger partial charge in [0, 0.05) is 6.42 Å². The Morgan fingerprint density at radius 1 is 0.435 bits per heavy atom. The van der Waals surface area contributed by atoms with Gasteiger partial charge in [-0.1, -0.05) is 216 Å². The molecule has 0 aromatic rings. The molecule has 0 aromatic carbocycles. The van der Waals surface area contributed by atoms with Crippen LogP contribution in [0.1, 0.15) is 219 Å².